The first kappa shape index (κ1) is 18.2. The number of anilines is 1. The first-order chi connectivity index (χ1) is 13.7. The Bertz CT molecular complexity index is 1060. The van der Waals surface area contributed by atoms with Crippen LogP contribution < -0.4 is 5.73 Å². The van der Waals surface area contributed by atoms with E-state index in [1.54, 1.807) is 23.7 Å². The van der Waals surface area contributed by atoms with E-state index in [-0.39, 0.29) is 29.1 Å². The van der Waals surface area contributed by atoms with E-state index in [2.05, 4.69) is 15.1 Å². The Hall–Kier alpha value is -3.16. The zero-order chi connectivity index (χ0) is 19.5. The van der Waals surface area contributed by atoms with Crippen LogP contribution in [0.4, 0.5) is 5.82 Å². The molecule has 0 bridgehead atoms. The third kappa shape index (κ3) is 3.62. The van der Waals surface area contributed by atoms with Crippen LogP contribution in [0.2, 0.25) is 0 Å². The highest BCUT2D eigenvalue weighted by Gasteiger charge is 2.35. The van der Waals surface area contributed by atoms with Gasteiger partial charge in [0.05, 0.1) is 28.8 Å². The summed E-state index contributed by atoms with van der Waals surface area (Å²) in [6, 6.07) is 9.20. The van der Waals surface area contributed by atoms with Crippen LogP contribution in [-0.4, -0.2) is 32.3 Å². The molecule has 0 spiro atoms. The predicted molar refractivity (Wildman–Crippen MR) is 106 cm³/mol. The van der Waals surface area contributed by atoms with E-state index in [4.69, 9.17) is 15.4 Å². The largest absolute Gasteiger partial charge is 0.467 e. The van der Waals surface area contributed by atoms with E-state index >= 15 is 0 Å². The number of hydrogen-bond donors (Lipinski definition) is 1. The summed E-state index contributed by atoms with van der Waals surface area (Å²) in [5.41, 5.74) is 6.77. The Labute approximate surface area is 168 Å². The van der Waals surface area contributed by atoms with Crippen molar-refractivity contribution in [1.82, 2.24) is 15.0 Å². The molecule has 28 heavy (non-hydrogen) atoms. The Balaban J connectivity index is 1.52. The van der Waals surface area contributed by atoms with Gasteiger partial charge in [0.1, 0.15) is 29.3 Å². The molecule has 0 aliphatic carbocycles. The summed E-state index contributed by atoms with van der Waals surface area (Å²) in [5, 5.41) is 17.2. The lowest BCUT2D eigenvalue weighted by Gasteiger charge is -2.19. The van der Waals surface area contributed by atoms with Crippen LogP contribution >= 0.6 is 23.1 Å². The monoisotopic (exact) mass is 410 g/mol. The number of furan rings is 1. The number of thioether (sulfide) groups is 1. The van der Waals surface area contributed by atoms with Crippen LogP contribution in [0.5, 0.6) is 0 Å². The molecular weight excluding hydrogens is 396 g/mol. The fourth-order valence-electron chi connectivity index (χ4n) is 2.76. The number of thiophene rings is 1. The molecule has 4 heterocycles. The number of carbonyl (C=O) groups excluding carboxylic acids is 1. The summed E-state index contributed by atoms with van der Waals surface area (Å²) in [7, 11) is 0. The first-order valence-corrected chi connectivity index (χ1v) is 10.1. The highest BCUT2D eigenvalue weighted by atomic mass is 32.2. The number of amides is 1. The molecule has 8 nitrogen and oxygen atoms in total. The lowest BCUT2D eigenvalue weighted by molar-refractivity contribution is -0.130. The second kappa shape index (κ2) is 7.84. The molecule has 0 fully saturated rings. The average molecular weight is 410 g/mol. The van der Waals surface area contributed by atoms with Gasteiger partial charge in [-0.25, -0.2) is 15.0 Å². The number of nitriles is 1. The number of nitrogen functional groups attached to an aromatic ring is 1. The van der Waals surface area contributed by atoms with Crippen LogP contribution in [0.15, 0.2) is 56.8 Å². The van der Waals surface area contributed by atoms with Crippen molar-refractivity contribution >= 4 is 40.5 Å². The van der Waals surface area contributed by atoms with E-state index in [0.29, 0.717) is 17.3 Å². The molecular formula is C18H14N6O2S2. The lowest BCUT2D eigenvalue weighted by atomic mass is 10.1. The molecule has 0 saturated carbocycles. The lowest BCUT2D eigenvalue weighted by Crippen LogP contribution is -2.28. The van der Waals surface area contributed by atoms with Crippen molar-refractivity contribution in [3.63, 3.8) is 0 Å². The highest BCUT2D eigenvalue weighted by Crippen LogP contribution is 2.34. The summed E-state index contributed by atoms with van der Waals surface area (Å²) in [5.74, 6) is 0.682. The van der Waals surface area contributed by atoms with Crippen molar-refractivity contribution in [2.24, 2.45) is 5.10 Å². The Morgan fingerprint density at radius 1 is 1.46 bits per heavy atom. The molecule has 1 atom stereocenters. The molecule has 1 unspecified atom stereocenters. The van der Waals surface area contributed by atoms with Gasteiger partial charge in [-0.2, -0.15) is 10.4 Å². The SMILES string of the molecule is N#Cc1cnc(SCC(=O)N2N=C(c3cccs3)CC2c2ccco2)nc1N. The van der Waals surface area contributed by atoms with Crippen molar-refractivity contribution < 1.29 is 9.21 Å². The minimum Gasteiger partial charge on any atom is -0.467 e. The van der Waals surface area contributed by atoms with Crippen LogP contribution in [-0.2, 0) is 4.79 Å². The molecule has 4 rings (SSSR count). The minimum atomic E-state index is -0.285. The van der Waals surface area contributed by atoms with Crippen molar-refractivity contribution in [3.05, 3.63) is 58.3 Å². The van der Waals surface area contributed by atoms with Gasteiger partial charge in [-0.05, 0) is 23.6 Å². The van der Waals surface area contributed by atoms with Crippen LogP contribution in [0.1, 0.15) is 28.7 Å². The zero-order valence-electron chi connectivity index (χ0n) is 14.5. The van der Waals surface area contributed by atoms with Crippen LogP contribution in [0.3, 0.4) is 0 Å². The number of carbonyl (C=O) groups is 1. The second-order valence-electron chi connectivity index (χ2n) is 5.85. The Kier molecular flexibility index (Phi) is 5.10. The van der Waals surface area contributed by atoms with E-state index in [1.165, 1.54) is 11.2 Å². The molecule has 1 amide bonds. The maximum absolute atomic E-state index is 12.9. The quantitative estimate of drug-likeness (QED) is 0.507. The normalized spacial score (nSPS) is 16.0. The molecule has 1 aliphatic heterocycles. The first-order valence-electron chi connectivity index (χ1n) is 8.28. The predicted octanol–water partition coefficient (Wildman–Crippen LogP) is 3.05. The van der Waals surface area contributed by atoms with Gasteiger partial charge in [0.2, 0.25) is 0 Å². The standard InChI is InChI=1S/C18H14N6O2S2/c19-8-11-9-21-18(22-17(11)20)28-10-16(25)24-13(14-3-1-5-26-14)7-12(23-24)15-4-2-6-27-15/h1-6,9,13H,7,10H2,(H2,20,21,22). The summed E-state index contributed by atoms with van der Waals surface area (Å²) < 4.78 is 5.53. The fourth-order valence-corrected chi connectivity index (χ4v) is 4.16. The summed E-state index contributed by atoms with van der Waals surface area (Å²) in [6.45, 7) is 0. The number of nitrogens with two attached hydrogens (primary N) is 1. The second-order valence-corrected chi connectivity index (χ2v) is 7.74. The van der Waals surface area contributed by atoms with Crippen molar-refractivity contribution in [3.8, 4) is 6.07 Å². The third-order valence-electron chi connectivity index (χ3n) is 4.08. The number of hydrogen-bond acceptors (Lipinski definition) is 9. The van der Waals surface area contributed by atoms with E-state index < -0.39 is 0 Å². The maximum Gasteiger partial charge on any atom is 0.253 e. The molecule has 0 aromatic carbocycles. The van der Waals surface area contributed by atoms with Gasteiger partial charge in [-0.3, -0.25) is 4.79 Å². The van der Waals surface area contributed by atoms with Gasteiger partial charge >= 0.3 is 0 Å². The van der Waals surface area contributed by atoms with Crippen molar-refractivity contribution in [1.29, 1.82) is 5.26 Å². The number of nitrogens with zero attached hydrogens (tertiary/aromatic N) is 5. The van der Waals surface area contributed by atoms with Crippen molar-refractivity contribution in [2.75, 3.05) is 11.5 Å². The molecule has 1 aliphatic rings. The molecule has 3 aromatic rings. The van der Waals surface area contributed by atoms with Crippen LogP contribution in [0, 0.1) is 11.3 Å². The fraction of sp³-hybridized carbons (Fsp3) is 0.167. The third-order valence-corrected chi connectivity index (χ3v) is 5.85. The minimum absolute atomic E-state index is 0.0871. The smallest absolute Gasteiger partial charge is 0.253 e. The molecule has 10 heteroatoms. The van der Waals surface area contributed by atoms with Gasteiger partial charge in [0, 0.05) is 6.42 Å². The van der Waals surface area contributed by atoms with Gasteiger partial charge in [0.25, 0.3) is 5.91 Å². The van der Waals surface area contributed by atoms with Gasteiger partial charge in [-0.15, -0.1) is 11.3 Å². The Morgan fingerprint density at radius 3 is 3.04 bits per heavy atom. The number of rotatable bonds is 5. The summed E-state index contributed by atoms with van der Waals surface area (Å²) >= 11 is 2.73. The van der Waals surface area contributed by atoms with E-state index in [9.17, 15) is 4.79 Å². The van der Waals surface area contributed by atoms with Crippen LogP contribution in [0.25, 0.3) is 0 Å². The molecule has 0 saturated heterocycles. The van der Waals surface area contributed by atoms with Gasteiger partial charge in [0.15, 0.2) is 5.16 Å². The Morgan fingerprint density at radius 2 is 2.36 bits per heavy atom. The summed E-state index contributed by atoms with van der Waals surface area (Å²) in [6.07, 6.45) is 3.53. The maximum atomic E-state index is 12.9. The average Bonchev–Trinajstić information content (AvgIpc) is 3.46. The summed E-state index contributed by atoms with van der Waals surface area (Å²) in [4.78, 5) is 22.0. The van der Waals surface area contributed by atoms with E-state index in [1.807, 2.05) is 29.6 Å². The molecule has 0 radical (unpaired) electrons. The number of hydrazone groups is 1. The molecule has 2 N–H and O–H groups in total. The topological polar surface area (TPSA) is 121 Å². The van der Waals surface area contributed by atoms with Gasteiger partial charge in [-0.1, -0.05) is 17.8 Å². The molecule has 140 valence electrons. The molecule has 3 aromatic heterocycles. The van der Waals surface area contributed by atoms with E-state index in [0.717, 1.165) is 22.4 Å². The highest BCUT2D eigenvalue weighted by molar-refractivity contribution is 7.99. The van der Waals surface area contributed by atoms with Gasteiger partial charge < -0.3 is 10.2 Å². The zero-order valence-corrected chi connectivity index (χ0v) is 16.1. The van der Waals surface area contributed by atoms with Crippen molar-refractivity contribution in [2.45, 2.75) is 17.6 Å². The number of aromatic nitrogens is 2.